The van der Waals surface area contributed by atoms with E-state index in [4.69, 9.17) is 5.73 Å². The van der Waals surface area contributed by atoms with E-state index in [0.717, 1.165) is 5.69 Å². The van der Waals surface area contributed by atoms with Crippen LogP contribution in [0.15, 0.2) is 12.5 Å². The van der Waals surface area contributed by atoms with Gasteiger partial charge < -0.3 is 10.7 Å². The zero-order chi connectivity index (χ0) is 8.27. The van der Waals surface area contributed by atoms with Crippen molar-refractivity contribution in [3.63, 3.8) is 0 Å². The molecule has 0 aliphatic rings. The number of carbonyl (C=O) groups excluding carboxylic acids is 1. The number of imidazole rings is 1. The first-order valence-corrected chi connectivity index (χ1v) is 3.91. The molecule has 0 aliphatic heterocycles. The minimum Gasteiger partial charge on any atom is -0.348 e. The summed E-state index contributed by atoms with van der Waals surface area (Å²) in [5.74, 6) is 0. The fourth-order valence-corrected chi connectivity index (χ4v) is 0.875. The highest BCUT2D eigenvalue weighted by Gasteiger charge is 2.10. The number of hydrogen-bond acceptors (Lipinski definition) is 3. The monoisotopic (exact) mass is 217 g/mol. The second kappa shape index (κ2) is 3.64. The van der Waals surface area contributed by atoms with Gasteiger partial charge in [0.2, 0.25) is 4.69 Å². The highest BCUT2D eigenvalue weighted by molar-refractivity contribution is 9.18. The molecule has 1 aromatic heterocycles. The summed E-state index contributed by atoms with van der Waals surface area (Å²) in [6.07, 6.45) is 3.70. The summed E-state index contributed by atoms with van der Waals surface area (Å²) >= 11 is 2.79. The smallest absolute Gasteiger partial charge is 0.214 e. The Kier molecular flexibility index (Phi) is 2.78. The van der Waals surface area contributed by atoms with Crippen molar-refractivity contribution in [2.75, 3.05) is 0 Å². The van der Waals surface area contributed by atoms with Gasteiger partial charge in [0.1, 0.15) is 0 Å². The Labute approximate surface area is 72.3 Å². The molecular weight excluding hydrogens is 210 g/mol. The maximum absolute atomic E-state index is 10.6. The molecule has 0 saturated heterocycles. The molecule has 4 nitrogen and oxygen atoms in total. The standard InChI is InChI=1S/C6H8BrN3O/c7-6(11)5(8)1-4-2-9-3-10-4/h2-3,5H,1,8H2,(H,9,10)/t5-/m0/s1. The Morgan fingerprint density at radius 2 is 2.64 bits per heavy atom. The Morgan fingerprint density at radius 1 is 1.91 bits per heavy atom. The first kappa shape index (κ1) is 8.42. The van der Waals surface area contributed by atoms with E-state index >= 15 is 0 Å². The number of aromatic amines is 1. The number of nitrogens with two attached hydrogens (primary N) is 1. The van der Waals surface area contributed by atoms with Crippen LogP contribution in [0.4, 0.5) is 0 Å². The average Bonchev–Trinajstić information content (AvgIpc) is 2.39. The van der Waals surface area contributed by atoms with Crippen LogP contribution in [0.25, 0.3) is 0 Å². The van der Waals surface area contributed by atoms with Crippen LogP contribution in [0.1, 0.15) is 5.69 Å². The first-order valence-electron chi connectivity index (χ1n) is 3.12. The molecule has 0 radical (unpaired) electrons. The van der Waals surface area contributed by atoms with Crippen LogP contribution in [0, 0.1) is 0 Å². The zero-order valence-electron chi connectivity index (χ0n) is 5.75. The quantitative estimate of drug-likeness (QED) is 0.712. The molecule has 0 amide bonds. The summed E-state index contributed by atoms with van der Waals surface area (Å²) in [6.45, 7) is 0. The van der Waals surface area contributed by atoms with Crippen LogP contribution in [0.2, 0.25) is 0 Å². The molecule has 5 heteroatoms. The van der Waals surface area contributed by atoms with Crippen molar-refractivity contribution in [1.82, 2.24) is 9.97 Å². The lowest BCUT2D eigenvalue weighted by Gasteiger charge is -2.02. The van der Waals surface area contributed by atoms with Crippen molar-refractivity contribution in [1.29, 1.82) is 0 Å². The number of aromatic nitrogens is 2. The molecule has 0 saturated carbocycles. The van der Waals surface area contributed by atoms with Crippen molar-refractivity contribution < 1.29 is 4.79 Å². The van der Waals surface area contributed by atoms with Crippen molar-refractivity contribution >= 4 is 20.6 Å². The molecule has 0 aromatic carbocycles. The van der Waals surface area contributed by atoms with Crippen molar-refractivity contribution in [2.45, 2.75) is 12.5 Å². The van der Waals surface area contributed by atoms with Gasteiger partial charge in [-0.25, -0.2) is 4.98 Å². The lowest BCUT2D eigenvalue weighted by Crippen LogP contribution is -2.28. The van der Waals surface area contributed by atoms with Crippen LogP contribution < -0.4 is 5.73 Å². The van der Waals surface area contributed by atoms with E-state index in [1.54, 1.807) is 12.5 Å². The molecule has 3 N–H and O–H groups in total. The Bertz CT molecular complexity index is 234. The minimum atomic E-state index is -0.490. The normalized spacial score (nSPS) is 12.9. The molecule has 0 fully saturated rings. The van der Waals surface area contributed by atoms with Crippen LogP contribution in [0.5, 0.6) is 0 Å². The molecule has 0 spiro atoms. The Balaban J connectivity index is 2.50. The molecule has 11 heavy (non-hydrogen) atoms. The molecular formula is C6H8BrN3O. The van der Waals surface area contributed by atoms with Gasteiger partial charge in [-0.2, -0.15) is 0 Å². The zero-order valence-corrected chi connectivity index (χ0v) is 7.34. The van der Waals surface area contributed by atoms with Crippen molar-refractivity contribution in [3.8, 4) is 0 Å². The fourth-order valence-electron chi connectivity index (χ4n) is 0.713. The summed E-state index contributed by atoms with van der Waals surface area (Å²) in [4.78, 5) is 17.3. The van der Waals surface area contributed by atoms with Gasteiger partial charge in [-0.3, -0.25) is 4.79 Å². The van der Waals surface area contributed by atoms with Crippen LogP contribution in [0.3, 0.4) is 0 Å². The number of H-pyrrole nitrogens is 1. The van der Waals surface area contributed by atoms with Crippen LogP contribution in [-0.4, -0.2) is 20.7 Å². The number of hydrogen-bond donors (Lipinski definition) is 2. The molecule has 60 valence electrons. The number of halogens is 1. The van der Waals surface area contributed by atoms with Gasteiger partial charge in [-0.05, 0) is 15.9 Å². The van der Waals surface area contributed by atoms with Gasteiger partial charge in [0.15, 0.2) is 0 Å². The first-order chi connectivity index (χ1) is 5.20. The van der Waals surface area contributed by atoms with E-state index in [1.807, 2.05) is 0 Å². The Morgan fingerprint density at radius 3 is 3.09 bits per heavy atom. The second-order valence-corrected chi connectivity index (χ2v) is 2.97. The van der Waals surface area contributed by atoms with E-state index in [0.29, 0.717) is 6.42 Å². The van der Waals surface area contributed by atoms with E-state index in [-0.39, 0.29) is 4.69 Å². The summed E-state index contributed by atoms with van der Waals surface area (Å²) in [5.41, 5.74) is 6.33. The van der Waals surface area contributed by atoms with E-state index in [1.165, 1.54) is 0 Å². The Hall–Kier alpha value is -0.680. The summed E-state index contributed by atoms with van der Waals surface area (Å²) in [7, 11) is 0. The molecule has 0 unspecified atom stereocenters. The van der Waals surface area contributed by atoms with E-state index < -0.39 is 6.04 Å². The second-order valence-electron chi connectivity index (χ2n) is 2.19. The van der Waals surface area contributed by atoms with E-state index in [9.17, 15) is 4.79 Å². The highest BCUT2D eigenvalue weighted by Crippen LogP contribution is 1.99. The third-order valence-electron chi connectivity index (χ3n) is 1.29. The lowest BCUT2D eigenvalue weighted by atomic mass is 10.2. The molecule has 0 aliphatic carbocycles. The maximum Gasteiger partial charge on any atom is 0.214 e. The summed E-state index contributed by atoms with van der Waals surface area (Å²) < 4.78 is -0.188. The third kappa shape index (κ3) is 2.44. The van der Waals surface area contributed by atoms with Crippen LogP contribution >= 0.6 is 15.9 Å². The van der Waals surface area contributed by atoms with Gasteiger partial charge in [-0.15, -0.1) is 0 Å². The molecule has 1 atom stereocenters. The summed E-state index contributed by atoms with van der Waals surface area (Å²) in [5, 5.41) is 0. The topological polar surface area (TPSA) is 71.8 Å². The number of carbonyl (C=O) groups is 1. The van der Waals surface area contributed by atoms with Gasteiger partial charge in [0, 0.05) is 18.3 Å². The molecule has 1 aromatic rings. The third-order valence-corrected chi connectivity index (χ3v) is 1.87. The molecule has 0 bridgehead atoms. The minimum absolute atomic E-state index is 0.188. The van der Waals surface area contributed by atoms with Crippen molar-refractivity contribution in [3.05, 3.63) is 18.2 Å². The predicted molar refractivity (Wildman–Crippen MR) is 44.2 cm³/mol. The average molecular weight is 218 g/mol. The highest BCUT2D eigenvalue weighted by atomic mass is 79.9. The van der Waals surface area contributed by atoms with Crippen molar-refractivity contribution in [2.24, 2.45) is 5.73 Å². The molecule has 1 heterocycles. The summed E-state index contributed by atoms with van der Waals surface area (Å²) in [6, 6.07) is -0.490. The largest absolute Gasteiger partial charge is 0.348 e. The number of nitrogens with zero attached hydrogens (tertiary/aromatic N) is 1. The number of rotatable bonds is 3. The van der Waals surface area contributed by atoms with Gasteiger partial charge in [-0.1, -0.05) is 0 Å². The lowest BCUT2D eigenvalue weighted by molar-refractivity contribution is -0.111. The predicted octanol–water partition coefficient (Wildman–Crippen LogP) is 0.201. The van der Waals surface area contributed by atoms with Crippen LogP contribution in [-0.2, 0) is 11.2 Å². The van der Waals surface area contributed by atoms with Gasteiger partial charge in [0.05, 0.1) is 12.4 Å². The molecule has 1 rings (SSSR count). The van der Waals surface area contributed by atoms with Gasteiger partial charge in [0.25, 0.3) is 0 Å². The maximum atomic E-state index is 10.6. The van der Waals surface area contributed by atoms with E-state index in [2.05, 4.69) is 25.9 Å². The number of nitrogens with one attached hydrogen (secondary N) is 1. The fraction of sp³-hybridized carbons (Fsp3) is 0.333. The van der Waals surface area contributed by atoms with Gasteiger partial charge >= 0.3 is 0 Å². The SMILES string of the molecule is N[C@@H](Cc1cnc[nH]1)C(=O)Br.